The van der Waals surface area contributed by atoms with Crippen LogP contribution in [0.3, 0.4) is 0 Å². The summed E-state index contributed by atoms with van der Waals surface area (Å²) in [5.74, 6) is 1.11. The van der Waals surface area contributed by atoms with Crippen LogP contribution in [-0.4, -0.2) is 17.8 Å². The predicted molar refractivity (Wildman–Crippen MR) is 67.7 cm³/mol. The average Bonchev–Trinajstić information content (AvgIpc) is 2.81. The predicted octanol–water partition coefficient (Wildman–Crippen LogP) is 2.18. The van der Waals surface area contributed by atoms with Gasteiger partial charge in [-0.15, -0.1) is 0 Å². The standard InChI is InChI=1S/C14H20N2O2/c1-14(7-3-2-4-13(14)17)10-16-9-12-6-5-11(8-15)18-12/h5-6,13,16-17H,2-4,7,9-10H2,1H3. The molecule has 0 bridgehead atoms. The fourth-order valence-electron chi connectivity index (χ4n) is 2.59. The van der Waals surface area contributed by atoms with Gasteiger partial charge < -0.3 is 14.8 Å². The molecule has 0 saturated heterocycles. The summed E-state index contributed by atoms with van der Waals surface area (Å²) >= 11 is 0. The van der Waals surface area contributed by atoms with Gasteiger partial charge in [0.2, 0.25) is 5.76 Å². The van der Waals surface area contributed by atoms with Crippen molar-refractivity contribution in [3.63, 3.8) is 0 Å². The Morgan fingerprint density at radius 1 is 1.56 bits per heavy atom. The Hall–Kier alpha value is -1.31. The van der Waals surface area contributed by atoms with Gasteiger partial charge in [-0.1, -0.05) is 19.8 Å². The highest BCUT2D eigenvalue weighted by Crippen LogP contribution is 2.35. The number of aliphatic hydroxyl groups excluding tert-OH is 1. The first-order valence-electron chi connectivity index (χ1n) is 6.52. The van der Waals surface area contributed by atoms with E-state index in [1.54, 1.807) is 6.07 Å². The maximum atomic E-state index is 10.1. The highest BCUT2D eigenvalue weighted by Gasteiger charge is 2.34. The third-order valence-electron chi connectivity index (χ3n) is 3.88. The Kier molecular flexibility index (Phi) is 4.05. The Morgan fingerprint density at radius 2 is 2.39 bits per heavy atom. The average molecular weight is 248 g/mol. The zero-order valence-electron chi connectivity index (χ0n) is 10.8. The molecule has 2 unspecified atom stereocenters. The summed E-state index contributed by atoms with van der Waals surface area (Å²) in [6.07, 6.45) is 4.06. The topological polar surface area (TPSA) is 69.2 Å². The molecular formula is C14H20N2O2. The second-order valence-electron chi connectivity index (χ2n) is 5.40. The molecule has 1 aromatic heterocycles. The summed E-state index contributed by atoms with van der Waals surface area (Å²) < 4.78 is 5.30. The van der Waals surface area contributed by atoms with Crippen LogP contribution >= 0.6 is 0 Å². The number of hydrogen-bond acceptors (Lipinski definition) is 4. The van der Waals surface area contributed by atoms with Gasteiger partial charge in [-0.3, -0.25) is 0 Å². The molecule has 4 heteroatoms. The van der Waals surface area contributed by atoms with E-state index in [0.717, 1.165) is 31.6 Å². The van der Waals surface area contributed by atoms with E-state index < -0.39 is 0 Å². The minimum atomic E-state index is -0.218. The van der Waals surface area contributed by atoms with Crippen molar-refractivity contribution < 1.29 is 9.52 Å². The maximum absolute atomic E-state index is 10.1. The number of hydrogen-bond donors (Lipinski definition) is 2. The summed E-state index contributed by atoms with van der Waals surface area (Å²) in [5, 5.41) is 22.0. The van der Waals surface area contributed by atoms with Crippen LogP contribution in [0.15, 0.2) is 16.5 Å². The number of furan rings is 1. The zero-order valence-corrected chi connectivity index (χ0v) is 10.8. The molecule has 1 heterocycles. The molecule has 1 aromatic rings. The molecule has 0 amide bonds. The van der Waals surface area contributed by atoms with Crippen LogP contribution in [0.2, 0.25) is 0 Å². The van der Waals surface area contributed by atoms with Crippen molar-refractivity contribution in [2.75, 3.05) is 6.54 Å². The van der Waals surface area contributed by atoms with E-state index in [2.05, 4.69) is 12.2 Å². The van der Waals surface area contributed by atoms with Gasteiger partial charge in [0.15, 0.2) is 0 Å². The van der Waals surface area contributed by atoms with Crippen LogP contribution in [-0.2, 0) is 6.54 Å². The molecule has 1 saturated carbocycles. The van der Waals surface area contributed by atoms with E-state index in [9.17, 15) is 5.11 Å². The SMILES string of the molecule is CC1(CNCc2ccc(C#N)o2)CCCCC1O. The highest BCUT2D eigenvalue weighted by atomic mass is 16.3. The van der Waals surface area contributed by atoms with Gasteiger partial charge in [-0.2, -0.15) is 5.26 Å². The molecule has 1 aliphatic rings. The Balaban J connectivity index is 1.82. The van der Waals surface area contributed by atoms with Gasteiger partial charge in [0, 0.05) is 12.0 Å². The smallest absolute Gasteiger partial charge is 0.203 e. The molecule has 2 N–H and O–H groups in total. The lowest BCUT2D eigenvalue weighted by molar-refractivity contribution is 0.000924. The first-order chi connectivity index (χ1) is 8.64. The molecule has 18 heavy (non-hydrogen) atoms. The molecule has 0 spiro atoms. The van der Waals surface area contributed by atoms with E-state index >= 15 is 0 Å². The number of nitrogens with one attached hydrogen (secondary N) is 1. The summed E-state index contributed by atoms with van der Waals surface area (Å²) in [5.41, 5.74) is -0.0388. The van der Waals surface area contributed by atoms with E-state index in [1.165, 1.54) is 6.42 Å². The van der Waals surface area contributed by atoms with Crippen molar-refractivity contribution in [1.82, 2.24) is 5.32 Å². The molecule has 0 aromatic carbocycles. The highest BCUT2D eigenvalue weighted by molar-refractivity contribution is 5.18. The van der Waals surface area contributed by atoms with Crippen LogP contribution in [0.4, 0.5) is 0 Å². The third kappa shape index (κ3) is 2.92. The van der Waals surface area contributed by atoms with Crippen molar-refractivity contribution in [2.45, 2.75) is 45.3 Å². The van der Waals surface area contributed by atoms with Gasteiger partial charge in [0.25, 0.3) is 0 Å². The van der Waals surface area contributed by atoms with Gasteiger partial charge in [-0.25, -0.2) is 0 Å². The minimum Gasteiger partial charge on any atom is -0.449 e. The van der Waals surface area contributed by atoms with Crippen LogP contribution in [0.25, 0.3) is 0 Å². The summed E-state index contributed by atoms with van der Waals surface area (Å²) in [7, 11) is 0. The molecule has 2 rings (SSSR count). The van der Waals surface area contributed by atoms with E-state index in [1.807, 2.05) is 12.1 Å². The van der Waals surface area contributed by atoms with E-state index in [0.29, 0.717) is 12.3 Å². The molecule has 0 aliphatic heterocycles. The normalized spacial score (nSPS) is 27.9. The molecule has 0 radical (unpaired) electrons. The van der Waals surface area contributed by atoms with Crippen molar-refractivity contribution >= 4 is 0 Å². The summed E-state index contributed by atoms with van der Waals surface area (Å²) in [6.45, 7) is 3.51. The minimum absolute atomic E-state index is 0.0388. The van der Waals surface area contributed by atoms with Crippen LogP contribution in [0, 0.1) is 16.7 Å². The molecule has 1 aliphatic carbocycles. The molecule has 2 atom stereocenters. The van der Waals surface area contributed by atoms with Crippen molar-refractivity contribution in [1.29, 1.82) is 5.26 Å². The molecule has 4 nitrogen and oxygen atoms in total. The number of rotatable bonds is 4. The van der Waals surface area contributed by atoms with Gasteiger partial charge >= 0.3 is 0 Å². The Morgan fingerprint density at radius 3 is 3.06 bits per heavy atom. The third-order valence-corrected chi connectivity index (χ3v) is 3.88. The van der Waals surface area contributed by atoms with Gasteiger partial charge in [-0.05, 0) is 25.0 Å². The monoisotopic (exact) mass is 248 g/mol. The fraction of sp³-hybridized carbons (Fsp3) is 0.643. The Labute approximate surface area is 108 Å². The lowest BCUT2D eigenvalue weighted by atomic mass is 9.73. The van der Waals surface area contributed by atoms with Crippen molar-refractivity contribution in [2.24, 2.45) is 5.41 Å². The van der Waals surface area contributed by atoms with E-state index in [-0.39, 0.29) is 11.5 Å². The molecular weight excluding hydrogens is 228 g/mol. The number of nitriles is 1. The largest absolute Gasteiger partial charge is 0.449 e. The summed E-state index contributed by atoms with van der Waals surface area (Å²) in [4.78, 5) is 0. The second-order valence-corrected chi connectivity index (χ2v) is 5.40. The summed E-state index contributed by atoms with van der Waals surface area (Å²) in [6, 6.07) is 5.45. The first-order valence-corrected chi connectivity index (χ1v) is 6.52. The van der Waals surface area contributed by atoms with Gasteiger partial charge in [0.05, 0.1) is 12.6 Å². The van der Waals surface area contributed by atoms with Crippen LogP contribution in [0.1, 0.15) is 44.1 Å². The lowest BCUT2D eigenvalue weighted by Crippen LogP contribution is -2.43. The molecule has 1 fully saturated rings. The first kappa shape index (κ1) is 13.1. The lowest BCUT2D eigenvalue weighted by Gasteiger charge is -2.38. The fourth-order valence-corrected chi connectivity index (χ4v) is 2.59. The number of nitrogens with zero attached hydrogens (tertiary/aromatic N) is 1. The van der Waals surface area contributed by atoms with E-state index in [4.69, 9.17) is 9.68 Å². The quantitative estimate of drug-likeness (QED) is 0.857. The van der Waals surface area contributed by atoms with Crippen LogP contribution < -0.4 is 5.32 Å². The van der Waals surface area contributed by atoms with Crippen LogP contribution in [0.5, 0.6) is 0 Å². The van der Waals surface area contributed by atoms with Crippen molar-refractivity contribution in [3.05, 3.63) is 23.7 Å². The number of aliphatic hydroxyl groups is 1. The zero-order chi connectivity index (χ0) is 13.0. The van der Waals surface area contributed by atoms with Gasteiger partial charge in [0.1, 0.15) is 11.8 Å². The Bertz CT molecular complexity index is 435. The van der Waals surface area contributed by atoms with Crippen molar-refractivity contribution in [3.8, 4) is 6.07 Å². The molecule has 98 valence electrons. The maximum Gasteiger partial charge on any atom is 0.203 e. The second kappa shape index (κ2) is 5.55.